The van der Waals surface area contributed by atoms with Gasteiger partial charge < -0.3 is 16.0 Å². The van der Waals surface area contributed by atoms with Crippen LogP contribution < -0.4 is 16.0 Å². The molecule has 3 N–H and O–H groups in total. The van der Waals surface area contributed by atoms with E-state index in [1.807, 2.05) is 36.4 Å². The Morgan fingerprint density at radius 3 is 2.70 bits per heavy atom. The van der Waals surface area contributed by atoms with Gasteiger partial charge in [0.15, 0.2) is 0 Å². The molecule has 0 aliphatic carbocycles. The van der Waals surface area contributed by atoms with Crippen LogP contribution in [0.25, 0.3) is 0 Å². The van der Waals surface area contributed by atoms with Crippen LogP contribution in [0.15, 0.2) is 42.5 Å². The van der Waals surface area contributed by atoms with Crippen molar-refractivity contribution in [3.63, 3.8) is 0 Å². The summed E-state index contributed by atoms with van der Waals surface area (Å²) in [5, 5.41) is 3.01. The van der Waals surface area contributed by atoms with Gasteiger partial charge in [0.1, 0.15) is 0 Å². The van der Waals surface area contributed by atoms with Gasteiger partial charge in [-0.3, -0.25) is 19.3 Å². The van der Waals surface area contributed by atoms with Crippen LogP contribution >= 0.6 is 0 Å². The zero-order valence-electron chi connectivity index (χ0n) is 17.1. The number of primary amides is 1. The summed E-state index contributed by atoms with van der Waals surface area (Å²) in [4.78, 5) is 40.1. The minimum atomic E-state index is -0.299. The van der Waals surface area contributed by atoms with Crippen molar-refractivity contribution in [3.05, 3.63) is 59.2 Å². The minimum absolute atomic E-state index is 0.0102. The van der Waals surface area contributed by atoms with E-state index in [4.69, 9.17) is 5.73 Å². The normalized spacial score (nSPS) is 18.3. The Kier molecular flexibility index (Phi) is 5.55. The van der Waals surface area contributed by atoms with Crippen molar-refractivity contribution in [2.75, 3.05) is 23.3 Å². The van der Waals surface area contributed by atoms with Gasteiger partial charge in [0.05, 0.1) is 6.04 Å². The number of rotatable bonds is 5. The van der Waals surface area contributed by atoms with Gasteiger partial charge in [0.2, 0.25) is 11.8 Å². The van der Waals surface area contributed by atoms with Gasteiger partial charge in [-0.05, 0) is 61.2 Å². The zero-order chi connectivity index (χ0) is 21.3. The highest BCUT2D eigenvalue weighted by molar-refractivity contribution is 6.05. The first-order valence-corrected chi connectivity index (χ1v) is 10.3. The van der Waals surface area contributed by atoms with Crippen LogP contribution in [-0.4, -0.2) is 41.8 Å². The molecule has 2 aliphatic rings. The number of carbonyl (C=O) groups is 3. The van der Waals surface area contributed by atoms with Crippen molar-refractivity contribution in [1.82, 2.24) is 4.90 Å². The zero-order valence-corrected chi connectivity index (χ0v) is 17.1. The highest BCUT2D eigenvalue weighted by Gasteiger charge is 2.29. The molecular weight excluding hydrogens is 380 g/mol. The van der Waals surface area contributed by atoms with Gasteiger partial charge in [0, 0.05) is 37.0 Å². The number of amides is 3. The third-order valence-corrected chi connectivity index (χ3v) is 5.95. The van der Waals surface area contributed by atoms with Gasteiger partial charge in [0.25, 0.3) is 5.91 Å². The summed E-state index contributed by atoms with van der Waals surface area (Å²) in [6.45, 7) is 3.57. The third-order valence-electron chi connectivity index (χ3n) is 5.95. The number of hydrogen-bond donors (Lipinski definition) is 2. The Bertz CT molecular complexity index is 1000. The molecule has 2 heterocycles. The molecule has 1 saturated heterocycles. The van der Waals surface area contributed by atoms with Gasteiger partial charge in [-0.15, -0.1) is 0 Å². The smallest absolute Gasteiger partial charge is 0.255 e. The van der Waals surface area contributed by atoms with E-state index >= 15 is 0 Å². The van der Waals surface area contributed by atoms with Crippen molar-refractivity contribution in [2.24, 2.45) is 5.73 Å². The van der Waals surface area contributed by atoms with Crippen LogP contribution in [0.1, 0.15) is 41.3 Å². The standard InChI is InChI=1S/C23H26N4O3/c1-15(28)27-12-10-16-13-17(8-9-20(16)27)23(30)25-19-6-3-2-5-18(19)14-26-11-4-7-21(26)22(24)29/h2-3,5-6,8-9,13,21H,4,7,10-12,14H2,1H3,(H2,24,29)(H,25,30). The molecule has 4 rings (SSSR count). The minimum Gasteiger partial charge on any atom is -0.368 e. The maximum absolute atomic E-state index is 12.9. The molecule has 0 bridgehead atoms. The highest BCUT2D eigenvalue weighted by Crippen LogP contribution is 2.29. The van der Waals surface area contributed by atoms with Crippen LogP contribution in [0, 0.1) is 0 Å². The van der Waals surface area contributed by atoms with Crippen molar-refractivity contribution < 1.29 is 14.4 Å². The predicted molar refractivity (Wildman–Crippen MR) is 115 cm³/mol. The van der Waals surface area contributed by atoms with E-state index in [1.54, 1.807) is 17.9 Å². The van der Waals surface area contributed by atoms with Crippen molar-refractivity contribution in [3.8, 4) is 0 Å². The second-order valence-corrected chi connectivity index (χ2v) is 7.91. The topological polar surface area (TPSA) is 95.7 Å². The number of anilines is 2. The molecule has 7 heteroatoms. The number of benzene rings is 2. The number of nitrogens with one attached hydrogen (secondary N) is 1. The van der Waals surface area contributed by atoms with Gasteiger partial charge >= 0.3 is 0 Å². The number of nitrogens with two attached hydrogens (primary N) is 1. The van der Waals surface area contributed by atoms with Crippen molar-refractivity contribution >= 4 is 29.1 Å². The maximum Gasteiger partial charge on any atom is 0.255 e. The van der Waals surface area contributed by atoms with Crippen LogP contribution in [0.5, 0.6) is 0 Å². The first-order valence-electron chi connectivity index (χ1n) is 10.3. The molecule has 156 valence electrons. The molecule has 1 unspecified atom stereocenters. The number of para-hydroxylation sites is 1. The van der Waals surface area contributed by atoms with E-state index in [-0.39, 0.29) is 23.8 Å². The van der Waals surface area contributed by atoms with E-state index in [1.165, 1.54) is 0 Å². The summed E-state index contributed by atoms with van der Waals surface area (Å²) in [5.41, 5.74) is 9.66. The largest absolute Gasteiger partial charge is 0.368 e. The summed E-state index contributed by atoms with van der Waals surface area (Å²) in [7, 11) is 0. The van der Waals surface area contributed by atoms with Gasteiger partial charge in [-0.1, -0.05) is 18.2 Å². The molecule has 2 aromatic rings. The second kappa shape index (κ2) is 8.28. The Morgan fingerprint density at radius 2 is 1.93 bits per heavy atom. The predicted octanol–water partition coefficient (Wildman–Crippen LogP) is 2.30. The lowest BCUT2D eigenvalue weighted by atomic mass is 10.1. The van der Waals surface area contributed by atoms with Crippen molar-refractivity contribution in [1.29, 1.82) is 0 Å². The van der Waals surface area contributed by atoms with Gasteiger partial charge in [-0.2, -0.15) is 0 Å². The van der Waals surface area contributed by atoms with E-state index in [0.29, 0.717) is 18.7 Å². The molecule has 0 aromatic heterocycles. The Labute approximate surface area is 175 Å². The lowest BCUT2D eigenvalue weighted by molar-refractivity contribution is -0.122. The van der Waals surface area contributed by atoms with E-state index in [9.17, 15) is 14.4 Å². The number of carbonyl (C=O) groups excluding carboxylic acids is 3. The molecule has 0 saturated carbocycles. The summed E-state index contributed by atoms with van der Waals surface area (Å²) in [5.74, 6) is -0.484. The highest BCUT2D eigenvalue weighted by atomic mass is 16.2. The third kappa shape index (κ3) is 3.93. The fourth-order valence-electron chi connectivity index (χ4n) is 4.40. The molecule has 2 aliphatic heterocycles. The first-order chi connectivity index (χ1) is 14.4. The average Bonchev–Trinajstić information content (AvgIpc) is 3.35. The van der Waals surface area contributed by atoms with Gasteiger partial charge in [-0.25, -0.2) is 0 Å². The number of hydrogen-bond acceptors (Lipinski definition) is 4. The molecule has 0 radical (unpaired) electrons. The SMILES string of the molecule is CC(=O)N1CCc2cc(C(=O)Nc3ccccc3CN3CCCC3C(N)=O)ccc21. The fraction of sp³-hybridized carbons (Fsp3) is 0.348. The van der Waals surface area contributed by atoms with Crippen LogP contribution in [0.2, 0.25) is 0 Å². The summed E-state index contributed by atoms with van der Waals surface area (Å²) in [6, 6.07) is 12.8. The fourth-order valence-corrected chi connectivity index (χ4v) is 4.40. The monoisotopic (exact) mass is 406 g/mol. The van der Waals surface area contributed by atoms with Crippen LogP contribution in [0.3, 0.4) is 0 Å². The lowest BCUT2D eigenvalue weighted by Crippen LogP contribution is -2.39. The van der Waals surface area contributed by atoms with Crippen LogP contribution in [-0.2, 0) is 22.6 Å². The summed E-state index contributed by atoms with van der Waals surface area (Å²) in [6.07, 6.45) is 2.46. The maximum atomic E-state index is 12.9. The lowest BCUT2D eigenvalue weighted by Gasteiger charge is -2.23. The van der Waals surface area contributed by atoms with E-state index in [2.05, 4.69) is 10.2 Å². The number of likely N-dealkylation sites (tertiary alicyclic amines) is 1. The van der Waals surface area contributed by atoms with Crippen molar-refractivity contribution in [2.45, 2.75) is 38.8 Å². The first kappa shape index (κ1) is 20.1. The molecule has 1 fully saturated rings. The summed E-state index contributed by atoms with van der Waals surface area (Å²) >= 11 is 0. The molecule has 1 atom stereocenters. The van der Waals surface area contributed by atoms with Crippen LogP contribution in [0.4, 0.5) is 11.4 Å². The average molecular weight is 406 g/mol. The second-order valence-electron chi connectivity index (χ2n) is 7.91. The molecule has 0 spiro atoms. The summed E-state index contributed by atoms with van der Waals surface area (Å²) < 4.78 is 0. The van der Waals surface area contributed by atoms with E-state index in [0.717, 1.165) is 48.3 Å². The Hall–Kier alpha value is -3.19. The Morgan fingerprint density at radius 1 is 1.13 bits per heavy atom. The quantitative estimate of drug-likeness (QED) is 0.796. The molecule has 2 aromatic carbocycles. The number of fused-ring (bicyclic) bond motifs is 1. The Balaban J connectivity index is 1.51. The molecule has 30 heavy (non-hydrogen) atoms. The van der Waals surface area contributed by atoms with E-state index < -0.39 is 0 Å². The molecular formula is C23H26N4O3. The number of nitrogens with zero attached hydrogens (tertiary/aromatic N) is 2. The molecule has 3 amide bonds. The molecule has 7 nitrogen and oxygen atoms in total.